The maximum absolute atomic E-state index is 4.58. The lowest BCUT2D eigenvalue weighted by Gasteiger charge is -2.28. The predicted octanol–water partition coefficient (Wildman–Crippen LogP) is 3.52. The van der Waals surface area contributed by atoms with Gasteiger partial charge in [0.15, 0.2) is 0 Å². The molecule has 1 aromatic heterocycles. The van der Waals surface area contributed by atoms with Crippen molar-refractivity contribution in [3.05, 3.63) is 18.0 Å². The minimum Gasteiger partial charge on any atom is -0.308 e. The summed E-state index contributed by atoms with van der Waals surface area (Å²) in [6.07, 6.45) is 9.13. The van der Waals surface area contributed by atoms with Gasteiger partial charge in [-0.2, -0.15) is 5.10 Å². The van der Waals surface area contributed by atoms with Gasteiger partial charge in [0.2, 0.25) is 0 Å². The Bertz CT molecular complexity index is 350. The van der Waals surface area contributed by atoms with E-state index in [1.807, 2.05) is 4.68 Å². The van der Waals surface area contributed by atoms with Gasteiger partial charge in [-0.25, -0.2) is 0 Å². The second-order valence-corrected chi connectivity index (χ2v) is 5.95. The van der Waals surface area contributed by atoms with Gasteiger partial charge in [-0.05, 0) is 45.6 Å². The van der Waals surface area contributed by atoms with Gasteiger partial charge in [-0.3, -0.25) is 4.68 Å². The standard InChI is InChI=1S/C15H27N3/c1-12(2)18-10-9-15(17-18)11-16-13(3)14-7-5-4-6-8-14/h9-10,12-14,16H,4-8,11H2,1-3H3/t13-/m0/s1. The molecule has 1 N–H and O–H groups in total. The third kappa shape index (κ3) is 3.58. The SMILES string of the molecule is CC(C)n1ccc(CN[C@@H](C)C2CCCCC2)n1. The van der Waals surface area contributed by atoms with Crippen molar-refractivity contribution < 1.29 is 0 Å². The molecule has 1 saturated carbocycles. The lowest BCUT2D eigenvalue weighted by molar-refractivity contribution is 0.280. The summed E-state index contributed by atoms with van der Waals surface area (Å²) in [5, 5.41) is 8.23. The highest BCUT2D eigenvalue weighted by molar-refractivity contribution is 4.99. The van der Waals surface area contributed by atoms with Crippen LogP contribution in [0, 0.1) is 5.92 Å². The Morgan fingerprint density at radius 1 is 1.28 bits per heavy atom. The third-order valence-electron chi connectivity index (χ3n) is 4.15. The fourth-order valence-electron chi connectivity index (χ4n) is 2.83. The van der Waals surface area contributed by atoms with Crippen molar-refractivity contribution in [2.45, 2.75) is 71.5 Å². The lowest BCUT2D eigenvalue weighted by atomic mass is 9.84. The average molecular weight is 249 g/mol. The molecule has 0 aliphatic heterocycles. The highest BCUT2D eigenvalue weighted by Gasteiger charge is 2.19. The van der Waals surface area contributed by atoms with E-state index in [9.17, 15) is 0 Å². The number of hydrogen-bond donors (Lipinski definition) is 1. The zero-order valence-corrected chi connectivity index (χ0v) is 12.0. The molecule has 1 aliphatic rings. The van der Waals surface area contributed by atoms with Gasteiger partial charge in [0.05, 0.1) is 5.69 Å². The maximum atomic E-state index is 4.58. The number of nitrogens with zero attached hydrogens (tertiary/aromatic N) is 2. The van der Waals surface area contributed by atoms with Crippen LogP contribution in [0.15, 0.2) is 12.3 Å². The van der Waals surface area contributed by atoms with E-state index in [1.54, 1.807) is 0 Å². The molecule has 102 valence electrons. The second-order valence-electron chi connectivity index (χ2n) is 5.95. The Labute approximate surface area is 111 Å². The van der Waals surface area contributed by atoms with E-state index >= 15 is 0 Å². The Morgan fingerprint density at radius 2 is 2.00 bits per heavy atom. The van der Waals surface area contributed by atoms with E-state index in [2.05, 4.69) is 43.4 Å². The number of rotatable bonds is 5. The summed E-state index contributed by atoms with van der Waals surface area (Å²) in [7, 11) is 0. The van der Waals surface area contributed by atoms with Crippen molar-refractivity contribution in [3.8, 4) is 0 Å². The molecule has 1 heterocycles. The van der Waals surface area contributed by atoms with Crippen LogP contribution < -0.4 is 5.32 Å². The first-order chi connectivity index (χ1) is 8.66. The minimum absolute atomic E-state index is 0.453. The van der Waals surface area contributed by atoms with E-state index in [0.29, 0.717) is 12.1 Å². The summed E-state index contributed by atoms with van der Waals surface area (Å²) in [4.78, 5) is 0. The topological polar surface area (TPSA) is 29.9 Å². The van der Waals surface area contributed by atoms with Crippen LogP contribution in [0.5, 0.6) is 0 Å². The second kappa shape index (κ2) is 6.37. The molecule has 0 aromatic carbocycles. The molecule has 1 fully saturated rings. The van der Waals surface area contributed by atoms with Crippen LogP contribution in [0.25, 0.3) is 0 Å². The molecule has 0 bridgehead atoms. The molecular weight excluding hydrogens is 222 g/mol. The van der Waals surface area contributed by atoms with Gasteiger partial charge in [0.1, 0.15) is 0 Å². The number of nitrogens with one attached hydrogen (secondary N) is 1. The van der Waals surface area contributed by atoms with Crippen LogP contribution in [-0.2, 0) is 6.54 Å². The molecule has 0 radical (unpaired) electrons. The van der Waals surface area contributed by atoms with Crippen molar-refractivity contribution in [1.29, 1.82) is 0 Å². The van der Waals surface area contributed by atoms with E-state index in [-0.39, 0.29) is 0 Å². The molecule has 0 unspecified atom stereocenters. The first-order valence-corrected chi connectivity index (χ1v) is 7.44. The van der Waals surface area contributed by atoms with Crippen LogP contribution in [0.4, 0.5) is 0 Å². The molecule has 1 atom stereocenters. The maximum Gasteiger partial charge on any atom is 0.0762 e. The lowest BCUT2D eigenvalue weighted by Crippen LogP contribution is -2.34. The van der Waals surface area contributed by atoms with E-state index < -0.39 is 0 Å². The highest BCUT2D eigenvalue weighted by Crippen LogP contribution is 2.26. The first kappa shape index (κ1) is 13.6. The van der Waals surface area contributed by atoms with Gasteiger partial charge in [0, 0.05) is 24.8 Å². The van der Waals surface area contributed by atoms with E-state index in [1.165, 1.54) is 32.1 Å². The summed E-state index contributed by atoms with van der Waals surface area (Å²) in [6, 6.07) is 3.20. The zero-order valence-electron chi connectivity index (χ0n) is 12.0. The monoisotopic (exact) mass is 249 g/mol. The van der Waals surface area contributed by atoms with Crippen LogP contribution in [0.2, 0.25) is 0 Å². The Kier molecular flexibility index (Phi) is 4.81. The van der Waals surface area contributed by atoms with Gasteiger partial charge >= 0.3 is 0 Å². The number of aromatic nitrogens is 2. The quantitative estimate of drug-likeness (QED) is 0.865. The molecule has 3 heteroatoms. The normalized spacial score (nSPS) is 19.3. The van der Waals surface area contributed by atoms with E-state index in [0.717, 1.165) is 18.2 Å². The molecule has 1 aliphatic carbocycles. The predicted molar refractivity (Wildman–Crippen MR) is 75.5 cm³/mol. The average Bonchev–Trinajstić information content (AvgIpc) is 2.86. The fourth-order valence-corrected chi connectivity index (χ4v) is 2.83. The largest absolute Gasteiger partial charge is 0.308 e. The zero-order chi connectivity index (χ0) is 13.0. The van der Waals surface area contributed by atoms with E-state index in [4.69, 9.17) is 0 Å². The first-order valence-electron chi connectivity index (χ1n) is 7.44. The Balaban J connectivity index is 1.79. The fraction of sp³-hybridized carbons (Fsp3) is 0.800. The summed E-state index contributed by atoms with van der Waals surface area (Å²) in [5.41, 5.74) is 1.16. The van der Waals surface area contributed by atoms with Crippen molar-refractivity contribution in [2.75, 3.05) is 0 Å². The molecule has 1 aromatic rings. The van der Waals surface area contributed by atoms with Crippen molar-refractivity contribution >= 4 is 0 Å². The van der Waals surface area contributed by atoms with Gasteiger partial charge in [-0.1, -0.05) is 19.3 Å². The molecule has 0 spiro atoms. The van der Waals surface area contributed by atoms with Crippen molar-refractivity contribution in [2.24, 2.45) is 5.92 Å². The number of hydrogen-bond acceptors (Lipinski definition) is 2. The summed E-state index contributed by atoms with van der Waals surface area (Å²) in [6.45, 7) is 7.55. The van der Waals surface area contributed by atoms with Crippen LogP contribution in [-0.4, -0.2) is 15.8 Å². The van der Waals surface area contributed by atoms with Crippen molar-refractivity contribution in [1.82, 2.24) is 15.1 Å². The summed E-state index contributed by atoms with van der Waals surface area (Å²) < 4.78 is 2.03. The Morgan fingerprint density at radius 3 is 2.61 bits per heavy atom. The summed E-state index contributed by atoms with van der Waals surface area (Å²) >= 11 is 0. The van der Waals surface area contributed by atoms with Gasteiger partial charge in [0.25, 0.3) is 0 Å². The third-order valence-corrected chi connectivity index (χ3v) is 4.15. The van der Waals surface area contributed by atoms with Crippen LogP contribution >= 0.6 is 0 Å². The molecule has 0 saturated heterocycles. The molecule has 3 nitrogen and oxygen atoms in total. The van der Waals surface area contributed by atoms with Gasteiger partial charge in [-0.15, -0.1) is 0 Å². The van der Waals surface area contributed by atoms with Crippen molar-refractivity contribution in [3.63, 3.8) is 0 Å². The molecule has 0 amide bonds. The van der Waals surface area contributed by atoms with Gasteiger partial charge < -0.3 is 5.32 Å². The highest BCUT2D eigenvalue weighted by atomic mass is 15.3. The molecule has 18 heavy (non-hydrogen) atoms. The molecule has 2 rings (SSSR count). The summed E-state index contributed by atoms with van der Waals surface area (Å²) in [5.74, 6) is 0.867. The molecular formula is C15H27N3. The Hall–Kier alpha value is -0.830. The minimum atomic E-state index is 0.453. The van der Waals surface area contributed by atoms with Crippen LogP contribution in [0.3, 0.4) is 0 Å². The smallest absolute Gasteiger partial charge is 0.0762 e. The van der Waals surface area contributed by atoms with Crippen LogP contribution in [0.1, 0.15) is 64.6 Å².